The zero-order chi connectivity index (χ0) is 10.6. The van der Waals surface area contributed by atoms with Crippen LogP contribution < -0.4 is 5.32 Å². The fraction of sp³-hybridized carbons (Fsp3) is 0.600. The molecule has 3 N–H and O–H groups in total. The summed E-state index contributed by atoms with van der Waals surface area (Å²) in [6.45, 7) is 4.42. The summed E-state index contributed by atoms with van der Waals surface area (Å²) < 4.78 is 0. The Kier molecular flexibility index (Phi) is 4.07. The first-order chi connectivity index (χ1) is 6.49. The number of nitrogens with one attached hydrogen (secondary N) is 1. The molecule has 0 aliphatic heterocycles. The third-order valence-electron chi connectivity index (χ3n) is 1.82. The molecule has 0 aliphatic carbocycles. The van der Waals surface area contributed by atoms with Gasteiger partial charge in [-0.05, 0) is 36.2 Å². The molecule has 0 saturated heterocycles. The number of hydrogen-bond donors (Lipinski definition) is 3. The van der Waals surface area contributed by atoms with Crippen molar-refractivity contribution in [3.8, 4) is 0 Å². The Hall–Kier alpha value is -0.420. The molecule has 1 aromatic rings. The molecule has 80 valence electrons. The lowest BCUT2D eigenvalue weighted by Crippen LogP contribution is -2.36. The van der Waals surface area contributed by atoms with E-state index in [4.69, 9.17) is 0 Å². The van der Waals surface area contributed by atoms with Gasteiger partial charge in [-0.2, -0.15) is 11.3 Å². The van der Waals surface area contributed by atoms with Gasteiger partial charge in [-0.1, -0.05) is 0 Å². The fourth-order valence-corrected chi connectivity index (χ4v) is 1.80. The summed E-state index contributed by atoms with van der Waals surface area (Å²) in [6.07, 6.45) is -0.483. The Bertz CT molecular complexity index is 254. The van der Waals surface area contributed by atoms with E-state index < -0.39 is 11.7 Å². The molecule has 1 atom stereocenters. The van der Waals surface area contributed by atoms with E-state index >= 15 is 0 Å². The molecule has 0 aromatic carbocycles. The number of aliphatic hydroxyl groups excluding tert-OH is 1. The number of rotatable bonds is 5. The zero-order valence-electron chi connectivity index (χ0n) is 8.53. The average Bonchev–Trinajstić information content (AvgIpc) is 2.53. The first-order valence-corrected chi connectivity index (χ1v) is 5.56. The van der Waals surface area contributed by atoms with Crippen molar-refractivity contribution in [3.63, 3.8) is 0 Å². The van der Waals surface area contributed by atoms with E-state index in [9.17, 15) is 10.2 Å². The first-order valence-electron chi connectivity index (χ1n) is 4.62. The van der Waals surface area contributed by atoms with Gasteiger partial charge < -0.3 is 15.5 Å². The van der Waals surface area contributed by atoms with Gasteiger partial charge in [-0.15, -0.1) is 0 Å². The Morgan fingerprint density at radius 3 is 2.79 bits per heavy atom. The lowest BCUT2D eigenvalue weighted by molar-refractivity contribution is 0.0740. The molecular weight excluding hydrogens is 198 g/mol. The Labute approximate surface area is 88.4 Å². The van der Waals surface area contributed by atoms with E-state index in [1.807, 2.05) is 16.8 Å². The summed E-state index contributed by atoms with van der Waals surface area (Å²) >= 11 is 1.57. The summed E-state index contributed by atoms with van der Waals surface area (Å²) in [5.74, 6) is 0. The Morgan fingerprint density at radius 2 is 2.29 bits per heavy atom. The van der Waals surface area contributed by atoms with Crippen LogP contribution in [0.5, 0.6) is 0 Å². The van der Waals surface area contributed by atoms with E-state index in [0.29, 0.717) is 13.1 Å². The molecule has 1 unspecified atom stereocenters. The van der Waals surface area contributed by atoms with E-state index in [-0.39, 0.29) is 0 Å². The molecule has 4 heteroatoms. The molecule has 0 fully saturated rings. The highest BCUT2D eigenvalue weighted by molar-refractivity contribution is 7.07. The summed E-state index contributed by atoms with van der Waals surface area (Å²) in [7, 11) is 0. The lowest BCUT2D eigenvalue weighted by atomic mass is 10.1. The third-order valence-corrected chi connectivity index (χ3v) is 2.52. The molecule has 0 bridgehead atoms. The zero-order valence-corrected chi connectivity index (χ0v) is 9.34. The van der Waals surface area contributed by atoms with Crippen LogP contribution in [0.25, 0.3) is 0 Å². The molecule has 1 rings (SSSR count). The van der Waals surface area contributed by atoms with Crippen LogP contribution in [0.15, 0.2) is 16.8 Å². The van der Waals surface area contributed by atoms with Crippen molar-refractivity contribution in [2.75, 3.05) is 13.1 Å². The Balaban J connectivity index is 2.26. The second-order valence-electron chi connectivity index (χ2n) is 4.02. The van der Waals surface area contributed by atoms with Gasteiger partial charge in [0.2, 0.25) is 0 Å². The quantitative estimate of drug-likeness (QED) is 0.690. The van der Waals surface area contributed by atoms with Crippen LogP contribution in [0.3, 0.4) is 0 Å². The van der Waals surface area contributed by atoms with Gasteiger partial charge in [0.15, 0.2) is 0 Å². The topological polar surface area (TPSA) is 52.5 Å². The van der Waals surface area contributed by atoms with Crippen molar-refractivity contribution in [2.24, 2.45) is 0 Å². The standard InChI is InChI=1S/C10H17NO2S/c1-10(2,13)7-11-5-9(12)8-3-4-14-6-8/h3-4,6,9,11-13H,5,7H2,1-2H3. The predicted octanol–water partition coefficient (Wildman–Crippen LogP) is 1.14. The molecule has 14 heavy (non-hydrogen) atoms. The summed E-state index contributed by atoms with van der Waals surface area (Å²) in [4.78, 5) is 0. The highest BCUT2D eigenvalue weighted by Crippen LogP contribution is 2.15. The van der Waals surface area contributed by atoms with Crippen molar-refractivity contribution in [1.29, 1.82) is 0 Å². The van der Waals surface area contributed by atoms with Crippen LogP contribution in [0.4, 0.5) is 0 Å². The van der Waals surface area contributed by atoms with Gasteiger partial charge in [0.1, 0.15) is 0 Å². The van der Waals surface area contributed by atoms with Crippen LogP contribution in [0, 0.1) is 0 Å². The van der Waals surface area contributed by atoms with Crippen LogP contribution >= 0.6 is 11.3 Å². The van der Waals surface area contributed by atoms with E-state index in [1.165, 1.54) is 0 Å². The van der Waals surface area contributed by atoms with Gasteiger partial charge in [-0.3, -0.25) is 0 Å². The van der Waals surface area contributed by atoms with Crippen LogP contribution in [0.1, 0.15) is 25.5 Å². The Morgan fingerprint density at radius 1 is 1.57 bits per heavy atom. The first kappa shape index (κ1) is 11.7. The highest BCUT2D eigenvalue weighted by Gasteiger charge is 2.13. The number of aliphatic hydroxyl groups is 2. The predicted molar refractivity (Wildman–Crippen MR) is 58.4 cm³/mol. The molecule has 0 amide bonds. The minimum absolute atomic E-state index is 0.473. The normalized spacial score (nSPS) is 14.3. The maximum absolute atomic E-state index is 9.67. The lowest BCUT2D eigenvalue weighted by Gasteiger charge is -2.19. The smallest absolute Gasteiger partial charge is 0.0922 e. The molecule has 0 spiro atoms. The molecular formula is C10H17NO2S. The van der Waals surface area contributed by atoms with E-state index in [0.717, 1.165) is 5.56 Å². The minimum Gasteiger partial charge on any atom is -0.389 e. The van der Waals surface area contributed by atoms with Gasteiger partial charge >= 0.3 is 0 Å². The fourth-order valence-electron chi connectivity index (χ4n) is 1.10. The maximum atomic E-state index is 9.67. The maximum Gasteiger partial charge on any atom is 0.0922 e. The SMILES string of the molecule is CC(C)(O)CNCC(O)c1ccsc1. The van der Waals surface area contributed by atoms with Crippen LogP contribution in [0.2, 0.25) is 0 Å². The van der Waals surface area contributed by atoms with Crippen molar-refractivity contribution in [2.45, 2.75) is 25.6 Å². The summed E-state index contributed by atoms with van der Waals surface area (Å²) in [5.41, 5.74) is 0.201. The highest BCUT2D eigenvalue weighted by atomic mass is 32.1. The van der Waals surface area contributed by atoms with E-state index in [1.54, 1.807) is 25.2 Å². The molecule has 0 saturated carbocycles. The average molecular weight is 215 g/mol. The van der Waals surface area contributed by atoms with Crippen LogP contribution in [-0.4, -0.2) is 28.9 Å². The molecule has 3 nitrogen and oxygen atoms in total. The van der Waals surface area contributed by atoms with E-state index in [2.05, 4.69) is 5.32 Å². The monoisotopic (exact) mass is 215 g/mol. The number of hydrogen-bond acceptors (Lipinski definition) is 4. The third kappa shape index (κ3) is 4.19. The van der Waals surface area contributed by atoms with Gasteiger partial charge in [0, 0.05) is 13.1 Å². The summed E-state index contributed by atoms with van der Waals surface area (Å²) in [6, 6.07) is 1.90. The van der Waals surface area contributed by atoms with Gasteiger partial charge in [0.25, 0.3) is 0 Å². The van der Waals surface area contributed by atoms with Gasteiger partial charge in [-0.25, -0.2) is 0 Å². The molecule has 0 radical (unpaired) electrons. The second kappa shape index (κ2) is 4.89. The summed E-state index contributed by atoms with van der Waals surface area (Å²) in [5, 5.41) is 26.0. The molecule has 1 aromatic heterocycles. The molecule has 0 aliphatic rings. The second-order valence-corrected chi connectivity index (χ2v) is 4.80. The van der Waals surface area contributed by atoms with Crippen molar-refractivity contribution in [1.82, 2.24) is 5.32 Å². The minimum atomic E-state index is -0.728. The van der Waals surface area contributed by atoms with Gasteiger partial charge in [0.05, 0.1) is 11.7 Å². The molecule has 1 heterocycles. The van der Waals surface area contributed by atoms with Crippen molar-refractivity contribution < 1.29 is 10.2 Å². The van der Waals surface area contributed by atoms with Crippen molar-refractivity contribution in [3.05, 3.63) is 22.4 Å². The largest absolute Gasteiger partial charge is 0.389 e. The number of thiophene rings is 1. The van der Waals surface area contributed by atoms with Crippen molar-refractivity contribution >= 4 is 11.3 Å². The van der Waals surface area contributed by atoms with Crippen LogP contribution in [-0.2, 0) is 0 Å².